The summed E-state index contributed by atoms with van der Waals surface area (Å²) in [5.41, 5.74) is 5.74. The summed E-state index contributed by atoms with van der Waals surface area (Å²) in [5.74, 6) is 4.11. The Morgan fingerprint density at radius 3 is 1.76 bits per heavy atom. The Morgan fingerprint density at radius 1 is 0.657 bits per heavy atom. The number of hydrogen-bond acceptors (Lipinski definition) is 9. The lowest BCUT2D eigenvalue weighted by atomic mass is 9.87. The van der Waals surface area contributed by atoms with Gasteiger partial charge in [-0.05, 0) is 132 Å². The zero-order chi connectivity index (χ0) is 47.5. The van der Waals surface area contributed by atoms with Crippen LogP contribution >= 0.6 is 0 Å². The van der Waals surface area contributed by atoms with Gasteiger partial charge < -0.3 is 46.4 Å². The molecule has 0 unspecified atom stereocenters. The number of likely N-dealkylation sites (N-methyl/N-ethyl adjacent to an activating group) is 2. The van der Waals surface area contributed by atoms with Crippen LogP contribution in [0.3, 0.4) is 0 Å². The Balaban J connectivity index is 1.01. The summed E-state index contributed by atoms with van der Waals surface area (Å²) >= 11 is 0. The largest absolute Gasteiger partial charge is 0.366 e. The smallest absolute Gasteiger partial charge is 0.250 e. The molecule has 2 fully saturated rings. The summed E-state index contributed by atoms with van der Waals surface area (Å²) in [7, 11) is 3.32. The van der Waals surface area contributed by atoms with E-state index in [2.05, 4.69) is 68.0 Å². The number of carbonyl (C=O) groups excluding carboxylic acids is 6. The molecule has 3 aromatic carbocycles. The first-order chi connectivity index (χ1) is 32.5. The number of rotatable bonds is 16. The number of hydrogen-bond donors (Lipinski definition) is 6. The zero-order valence-corrected chi connectivity index (χ0v) is 39.2. The fourth-order valence-electron chi connectivity index (χ4n) is 9.77. The average molecular weight is 915 g/mol. The Morgan fingerprint density at radius 2 is 1.19 bits per heavy atom. The Hall–Kier alpha value is -6.08. The maximum absolute atomic E-state index is 14.5. The van der Waals surface area contributed by atoms with Gasteiger partial charge in [-0.2, -0.15) is 0 Å². The molecule has 356 valence electrons. The van der Waals surface area contributed by atoms with Crippen LogP contribution in [0.2, 0.25) is 0 Å². The Bertz CT molecular complexity index is 2340. The number of amides is 6. The van der Waals surface area contributed by atoms with Crippen molar-refractivity contribution in [3.05, 3.63) is 106 Å². The number of ether oxygens (including phenoxy) is 1. The van der Waals surface area contributed by atoms with Crippen LogP contribution in [0.15, 0.2) is 72.8 Å². The molecular formula is C52H66N8O7. The molecule has 3 aromatic rings. The Kier molecular flexibility index (Phi) is 16.8. The van der Waals surface area contributed by atoms with E-state index < -0.39 is 42.2 Å². The van der Waals surface area contributed by atoms with Gasteiger partial charge in [-0.25, -0.2) is 0 Å². The van der Waals surface area contributed by atoms with Crippen LogP contribution in [0.4, 0.5) is 0 Å². The summed E-state index contributed by atoms with van der Waals surface area (Å²) in [5, 5.41) is 18.0. The van der Waals surface area contributed by atoms with Gasteiger partial charge in [0.05, 0.1) is 30.8 Å². The number of fused-ring (bicyclic) bond motifs is 2. The summed E-state index contributed by atoms with van der Waals surface area (Å²) in [6, 6.07) is 18.4. The fraction of sp³-hybridized carbons (Fsp3) is 0.500. The van der Waals surface area contributed by atoms with Gasteiger partial charge in [0.1, 0.15) is 30.8 Å². The van der Waals surface area contributed by atoms with Crippen molar-refractivity contribution < 1.29 is 33.5 Å². The normalized spacial score (nSPS) is 21.6. The van der Waals surface area contributed by atoms with Crippen LogP contribution in [-0.4, -0.2) is 116 Å². The van der Waals surface area contributed by atoms with Crippen LogP contribution in [0.25, 0.3) is 0 Å². The number of carbonyl (C=O) groups is 6. The zero-order valence-electron chi connectivity index (χ0n) is 39.2. The topological polar surface area (TPSA) is 190 Å². The van der Waals surface area contributed by atoms with Crippen molar-refractivity contribution >= 4 is 35.4 Å². The molecule has 15 nitrogen and oxygen atoms in total. The lowest BCUT2D eigenvalue weighted by molar-refractivity contribution is -0.143. The Labute approximate surface area is 394 Å². The average Bonchev–Trinajstić information content (AvgIpc) is 4.06. The third-order valence-corrected chi connectivity index (χ3v) is 13.8. The van der Waals surface area contributed by atoms with Crippen molar-refractivity contribution in [3.63, 3.8) is 0 Å². The minimum absolute atomic E-state index is 0.0920. The molecule has 0 radical (unpaired) electrons. The van der Waals surface area contributed by atoms with Crippen molar-refractivity contribution in [2.24, 2.45) is 0 Å². The van der Waals surface area contributed by atoms with E-state index in [-0.39, 0.29) is 54.8 Å². The molecule has 15 heteroatoms. The van der Waals surface area contributed by atoms with Crippen molar-refractivity contribution in [3.8, 4) is 11.8 Å². The van der Waals surface area contributed by atoms with Gasteiger partial charge in [0, 0.05) is 18.7 Å². The first-order valence-electron chi connectivity index (χ1n) is 24.0. The maximum Gasteiger partial charge on any atom is 0.250 e. The van der Waals surface area contributed by atoms with Crippen LogP contribution in [0.1, 0.15) is 117 Å². The van der Waals surface area contributed by atoms with Gasteiger partial charge >= 0.3 is 0 Å². The molecule has 8 atom stereocenters. The van der Waals surface area contributed by atoms with E-state index in [0.717, 1.165) is 49.7 Å². The van der Waals surface area contributed by atoms with E-state index in [4.69, 9.17) is 4.74 Å². The minimum Gasteiger partial charge on any atom is -0.366 e. The molecule has 2 aliphatic carbocycles. The van der Waals surface area contributed by atoms with Gasteiger partial charge in [-0.3, -0.25) is 28.8 Å². The van der Waals surface area contributed by atoms with Crippen molar-refractivity contribution in [1.29, 1.82) is 0 Å². The first kappa shape index (κ1) is 48.8. The number of likely N-dealkylation sites (tertiary alicyclic amines) is 2. The summed E-state index contributed by atoms with van der Waals surface area (Å²) in [4.78, 5) is 85.9. The number of nitrogens with zero attached hydrogens (tertiary/aromatic N) is 2. The highest BCUT2D eigenvalue weighted by Crippen LogP contribution is 2.32. The van der Waals surface area contributed by atoms with Crippen LogP contribution in [0, 0.1) is 11.8 Å². The highest BCUT2D eigenvalue weighted by Gasteiger charge is 2.41. The molecule has 67 heavy (non-hydrogen) atoms. The molecule has 6 N–H and O–H groups in total. The third-order valence-electron chi connectivity index (χ3n) is 13.8. The van der Waals surface area contributed by atoms with E-state index in [1.165, 1.54) is 11.1 Å². The lowest BCUT2D eigenvalue weighted by Gasteiger charge is -2.32. The second-order valence-corrected chi connectivity index (χ2v) is 18.1. The lowest BCUT2D eigenvalue weighted by Crippen LogP contribution is -2.57. The fourth-order valence-corrected chi connectivity index (χ4v) is 9.77. The standard InChI is InChI=1S/C52H66N8O7/c1-33(53-3)47(61)57-43(51(65)59-28-12-26-44(59)49(63)55-41-24-10-19-36-17-5-7-22-39(36)41)32-67-30-14-16-35-15-9-21-38(31-35)46(58-48(62)34(2)54-4)52(66)60-29-13-27-45(60)50(64)56-42-25-11-20-37-18-6-8-23-40(37)42/h5-9,15,17-18,21-23,31,33-34,41-46,53-54H,10-13,19-20,24-30,32H2,1-4H3,(H,55,63)(H,56,64)(H,57,61)(H,58,62)/t33-,34-,41+,42+,43+,44-,45-,46-/m0/s1. The number of benzene rings is 3. The molecule has 2 saturated heterocycles. The van der Waals surface area contributed by atoms with E-state index >= 15 is 0 Å². The summed E-state index contributed by atoms with van der Waals surface area (Å²) < 4.78 is 5.93. The number of aryl methyl sites for hydroxylation is 2. The van der Waals surface area contributed by atoms with E-state index in [1.54, 1.807) is 62.0 Å². The highest BCUT2D eigenvalue weighted by atomic mass is 16.5. The van der Waals surface area contributed by atoms with Crippen LogP contribution in [-0.2, 0) is 46.3 Å². The SMILES string of the molecule is CN[C@@H](C)C(=O)N[C@H](C(=O)N1CCC[C@H]1C(=O)N[C@@H]1CCCc2ccccc21)c1cccc(C#CCOC[C@@H](NC(=O)[C@H](C)NC)C(=O)N2CCC[C@H]2C(=O)N[C@@H]2CCCc3ccccc32)c1. The van der Waals surface area contributed by atoms with E-state index in [1.807, 2.05) is 24.3 Å². The quantitative estimate of drug-likeness (QED) is 0.0926. The summed E-state index contributed by atoms with van der Waals surface area (Å²) in [6.45, 7) is 3.87. The molecule has 6 amide bonds. The van der Waals surface area contributed by atoms with Gasteiger partial charge in [0.2, 0.25) is 35.4 Å². The predicted molar refractivity (Wildman–Crippen MR) is 254 cm³/mol. The monoisotopic (exact) mass is 915 g/mol. The van der Waals surface area contributed by atoms with Gasteiger partial charge in [0.15, 0.2) is 0 Å². The van der Waals surface area contributed by atoms with E-state index in [9.17, 15) is 28.8 Å². The van der Waals surface area contributed by atoms with Crippen LogP contribution < -0.4 is 31.9 Å². The van der Waals surface area contributed by atoms with Crippen LogP contribution in [0.5, 0.6) is 0 Å². The van der Waals surface area contributed by atoms with Crippen molar-refractivity contribution in [1.82, 2.24) is 41.7 Å². The molecule has 0 saturated carbocycles. The molecule has 0 spiro atoms. The molecule has 0 bridgehead atoms. The van der Waals surface area contributed by atoms with Gasteiger partial charge in [-0.1, -0.05) is 72.5 Å². The molecule has 2 heterocycles. The third kappa shape index (κ3) is 11.9. The van der Waals surface area contributed by atoms with Crippen molar-refractivity contribution in [2.75, 3.05) is 40.4 Å². The highest BCUT2D eigenvalue weighted by molar-refractivity contribution is 5.95. The second-order valence-electron chi connectivity index (χ2n) is 18.1. The summed E-state index contributed by atoms with van der Waals surface area (Å²) in [6.07, 6.45) is 7.84. The first-order valence-corrected chi connectivity index (χ1v) is 24.0. The molecule has 4 aliphatic rings. The minimum atomic E-state index is -1.09. The molecule has 2 aliphatic heterocycles. The molecular weight excluding hydrogens is 849 g/mol. The molecule has 0 aromatic heterocycles. The maximum atomic E-state index is 14.5. The second kappa shape index (κ2) is 23.1. The van der Waals surface area contributed by atoms with E-state index in [0.29, 0.717) is 49.9 Å². The molecule has 7 rings (SSSR count). The van der Waals surface area contributed by atoms with Gasteiger partial charge in [0.25, 0.3) is 0 Å². The van der Waals surface area contributed by atoms with Gasteiger partial charge in [-0.15, -0.1) is 0 Å². The van der Waals surface area contributed by atoms with Crippen molar-refractivity contribution in [2.45, 2.75) is 126 Å². The predicted octanol–water partition coefficient (Wildman–Crippen LogP) is 3.28. The number of nitrogens with one attached hydrogen (secondary N) is 6.